The minimum absolute atomic E-state index is 0.241. The van der Waals surface area contributed by atoms with Gasteiger partial charge in [-0.25, -0.2) is 14.4 Å². The second-order valence-corrected chi connectivity index (χ2v) is 4.58. The van der Waals surface area contributed by atoms with Crippen molar-refractivity contribution >= 4 is 21.7 Å². The summed E-state index contributed by atoms with van der Waals surface area (Å²) in [5.41, 5.74) is 8.02. The lowest BCUT2D eigenvalue weighted by molar-refractivity contribution is 0.624. The van der Waals surface area contributed by atoms with E-state index < -0.39 is 0 Å². The van der Waals surface area contributed by atoms with Crippen LogP contribution in [0.15, 0.2) is 22.7 Å². The summed E-state index contributed by atoms with van der Waals surface area (Å²) in [5, 5.41) is 0. The molecule has 0 aliphatic rings. The molecular weight excluding hydrogens is 285 g/mol. The van der Waals surface area contributed by atoms with Crippen molar-refractivity contribution in [2.24, 2.45) is 0 Å². The van der Waals surface area contributed by atoms with Crippen LogP contribution in [0.4, 0.5) is 10.2 Å². The molecule has 3 nitrogen and oxygen atoms in total. The number of anilines is 1. The van der Waals surface area contributed by atoms with Crippen LogP contribution in [0.25, 0.3) is 11.3 Å². The molecule has 0 bridgehead atoms. The van der Waals surface area contributed by atoms with E-state index in [0.29, 0.717) is 15.7 Å². The van der Waals surface area contributed by atoms with Gasteiger partial charge in [-0.2, -0.15) is 0 Å². The number of nitrogens with zero attached hydrogens (tertiary/aromatic N) is 2. The number of hydrogen-bond acceptors (Lipinski definition) is 3. The Hall–Kier alpha value is -1.49. The molecule has 2 rings (SSSR count). The topological polar surface area (TPSA) is 51.8 Å². The number of nitrogen functional groups attached to an aromatic ring is 1. The van der Waals surface area contributed by atoms with Gasteiger partial charge in [0, 0.05) is 5.56 Å². The van der Waals surface area contributed by atoms with Crippen LogP contribution in [-0.4, -0.2) is 9.97 Å². The Kier molecular flexibility index (Phi) is 3.11. The molecule has 0 spiro atoms. The first-order chi connectivity index (χ1) is 8.00. The molecule has 2 aromatic rings. The summed E-state index contributed by atoms with van der Waals surface area (Å²) in [6, 6.07) is 5.00. The summed E-state index contributed by atoms with van der Waals surface area (Å²) in [4.78, 5) is 8.45. The molecular formula is C12H11BrFN3. The summed E-state index contributed by atoms with van der Waals surface area (Å²) < 4.78 is 14.3. The van der Waals surface area contributed by atoms with Crippen LogP contribution >= 0.6 is 15.9 Å². The fourth-order valence-electron chi connectivity index (χ4n) is 1.51. The van der Waals surface area contributed by atoms with Crippen LogP contribution in [0.2, 0.25) is 0 Å². The summed E-state index contributed by atoms with van der Waals surface area (Å²) >= 11 is 3.14. The largest absolute Gasteiger partial charge is 0.382 e. The average molecular weight is 296 g/mol. The predicted molar refractivity (Wildman–Crippen MR) is 69.0 cm³/mol. The highest BCUT2D eigenvalue weighted by Crippen LogP contribution is 2.29. The Bertz CT molecular complexity index is 584. The maximum atomic E-state index is 13.9. The van der Waals surface area contributed by atoms with Crippen molar-refractivity contribution in [2.75, 3.05) is 5.73 Å². The van der Waals surface area contributed by atoms with E-state index in [1.165, 1.54) is 0 Å². The van der Waals surface area contributed by atoms with Crippen LogP contribution in [0.1, 0.15) is 11.4 Å². The van der Waals surface area contributed by atoms with Gasteiger partial charge in [0.1, 0.15) is 17.3 Å². The first-order valence-electron chi connectivity index (χ1n) is 5.06. The summed E-state index contributed by atoms with van der Waals surface area (Å²) in [7, 11) is 0. The Balaban J connectivity index is 2.69. The van der Waals surface area contributed by atoms with Crippen molar-refractivity contribution in [3.05, 3.63) is 39.9 Å². The number of rotatable bonds is 1. The maximum absolute atomic E-state index is 13.9. The fraction of sp³-hybridized carbons (Fsp3) is 0.167. The molecule has 2 N–H and O–H groups in total. The molecule has 1 heterocycles. The Morgan fingerprint density at radius 1 is 1.18 bits per heavy atom. The first-order valence-corrected chi connectivity index (χ1v) is 5.85. The second-order valence-electron chi connectivity index (χ2n) is 3.73. The molecule has 0 fully saturated rings. The first kappa shape index (κ1) is 12.0. The number of hydrogen-bond donors (Lipinski definition) is 1. The molecule has 0 saturated carbocycles. The zero-order valence-corrected chi connectivity index (χ0v) is 11.0. The molecule has 0 amide bonds. The fourth-order valence-corrected chi connectivity index (χ4v) is 1.87. The van der Waals surface area contributed by atoms with E-state index in [9.17, 15) is 4.39 Å². The lowest BCUT2D eigenvalue weighted by atomic mass is 10.1. The molecule has 88 valence electrons. The monoisotopic (exact) mass is 295 g/mol. The van der Waals surface area contributed by atoms with Gasteiger partial charge in [0.05, 0.1) is 15.9 Å². The summed E-state index contributed by atoms with van der Waals surface area (Å²) in [6.45, 7) is 3.64. The third-order valence-electron chi connectivity index (χ3n) is 2.54. The van der Waals surface area contributed by atoms with Crippen LogP contribution in [0.3, 0.4) is 0 Å². The van der Waals surface area contributed by atoms with Gasteiger partial charge in [-0.3, -0.25) is 0 Å². The highest BCUT2D eigenvalue weighted by Gasteiger charge is 2.14. The van der Waals surface area contributed by atoms with Crippen molar-refractivity contribution in [3.63, 3.8) is 0 Å². The number of aryl methyl sites for hydroxylation is 2. The number of halogens is 2. The minimum Gasteiger partial charge on any atom is -0.382 e. The highest BCUT2D eigenvalue weighted by molar-refractivity contribution is 9.10. The van der Waals surface area contributed by atoms with E-state index in [0.717, 1.165) is 11.4 Å². The van der Waals surface area contributed by atoms with E-state index in [-0.39, 0.29) is 11.6 Å². The molecule has 0 aliphatic carbocycles. The molecule has 1 aromatic carbocycles. The summed E-state index contributed by atoms with van der Waals surface area (Å²) in [5.74, 6) is -0.137. The highest BCUT2D eigenvalue weighted by atomic mass is 79.9. The normalized spacial score (nSPS) is 10.6. The van der Waals surface area contributed by atoms with Gasteiger partial charge in [0.25, 0.3) is 0 Å². The average Bonchev–Trinajstić information content (AvgIpc) is 2.28. The van der Waals surface area contributed by atoms with Crippen LogP contribution in [-0.2, 0) is 0 Å². The van der Waals surface area contributed by atoms with Gasteiger partial charge in [0.2, 0.25) is 0 Å². The third-order valence-corrected chi connectivity index (χ3v) is 3.15. The van der Waals surface area contributed by atoms with Gasteiger partial charge in [-0.05, 0) is 41.9 Å². The summed E-state index contributed by atoms with van der Waals surface area (Å²) in [6.07, 6.45) is 0. The molecule has 1 aromatic heterocycles. The predicted octanol–water partition coefficient (Wildman–Crippen LogP) is 3.24. The molecule has 0 unspecified atom stereocenters. The number of aromatic nitrogens is 2. The van der Waals surface area contributed by atoms with Crippen molar-refractivity contribution in [1.82, 2.24) is 9.97 Å². The number of benzene rings is 1. The standard InChI is InChI=1S/C12H11BrFN3/c1-6-7(2)17-12(15)11(16-6)8-4-3-5-9(13)10(8)14/h3-5H,1-2H3,(H2,15,17). The van der Waals surface area contributed by atoms with Crippen molar-refractivity contribution in [1.29, 1.82) is 0 Å². The van der Waals surface area contributed by atoms with Crippen molar-refractivity contribution < 1.29 is 4.39 Å². The molecule has 17 heavy (non-hydrogen) atoms. The molecule has 0 atom stereocenters. The van der Waals surface area contributed by atoms with Crippen molar-refractivity contribution in [3.8, 4) is 11.3 Å². The lowest BCUT2D eigenvalue weighted by Gasteiger charge is -2.09. The van der Waals surface area contributed by atoms with Gasteiger partial charge >= 0.3 is 0 Å². The van der Waals surface area contributed by atoms with Gasteiger partial charge in [0.15, 0.2) is 0 Å². The Morgan fingerprint density at radius 3 is 2.53 bits per heavy atom. The quantitative estimate of drug-likeness (QED) is 0.879. The maximum Gasteiger partial charge on any atom is 0.150 e. The van der Waals surface area contributed by atoms with Crippen LogP contribution in [0, 0.1) is 19.7 Å². The van der Waals surface area contributed by atoms with Gasteiger partial charge in [-0.1, -0.05) is 6.07 Å². The van der Waals surface area contributed by atoms with E-state index >= 15 is 0 Å². The molecule has 0 aliphatic heterocycles. The zero-order chi connectivity index (χ0) is 12.6. The van der Waals surface area contributed by atoms with Crippen LogP contribution in [0.5, 0.6) is 0 Å². The number of nitrogens with two attached hydrogens (primary N) is 1. The minimum atomic E-state index is -0.378. The second kappa shape index (κ2) is 4.41. The lowest BCUT2D eigenvalue weighted by Crippen LogP contribution is -2.03. The Labute approximate surface area is 107 Å². The third kappa shape index (κ3) is 2.15. The van der Waals surface area contributed by atoms with Crippen molar-refractivity contribution in [2.45, 2.75) is 13.8 Å². The van der Waals surface area contributed by atoms with E-state index in [1.807, 2.05) is 13.8 Å². The molecule has 5 heteroatoms. The van der Waals surface area contributed by atoms with E-state index in [1.54, 1.807) is 18.2 Å². The van der Waals surface area contributed by atoms with Crippen LogP contribution < -0.4 is 5.73 Å². The van der Waals surface area contributed by atoms with E-state index in [4.69, 9.17) is 5.73 Å². The smallest absolute Gasteiger partial charge is 0.150 e. The Morgan fingerprint density at radius 2 is 1.82 bits per heavy atom. The van der Waals surface area contributed by atoms with Gasteiger partial charge < -0.3 is 5.73 Å². The molecule has 0 saturated heterocycles. The SMILES string of the molecule is Cc1nc(N)c(-c2cccc(Br)c2F)nc1C. The van der Waals surface area contributed by atoms with E-state index in [2.05, 4.69) is 25.9 Å². The zero-order valence-electron chi connectivity index (χ0n) is 9.46. The molecule has 0 radical (unpaired) electrons. The van der Waals surface area contributed by atoms with Gasteiger partial charge in [-0.15, -0.1) is 0 Å².